The average Bonchev–Trinajstić information content (AvgIpc) is 2.16. The van der Waals surface area contributed by atoms with Gasteiger partial charge >= 0.3 is 0 Å². The Morgan fingerprint density at radius 2 is 2.23 bits per heavy atom. The van der Waals surface area contributed by atoms with Crippen LogP contribution in [0.4, 0.5) is 11.4 Å². The molecule has 0 bridgehead atoms. The molecule has 3 heteroatoms. The number of carbonyl (C=O) groups is 1. The van der Waals surface area contributed by atoms with Crippen LogP contribution in [-0.4, -0.2) is 13.3 Å². The van der Waals surface area contributed by atoms with Gasteiger partial charge in [-0.15, -0.1) is 0 Å². The molecule has 0 amide bonds. The number of anilines is 2. The standard InChI is InChI=1S/C10H14N2O/c1-7(6-13)8-3-4-10(12-2)9(11)5-8/h3-7,12H,11H2,1-2H3. The van der Waals surface area contributed by atoms with E-state index in [-0.39, 0.29) is 5.92 Å². The lowest BCUT2D eigenvalue weighted by Crippen LogP contribution is -1.99. The molecule has 70 valence electrons. The molecule has 0 saturated heterocycles. The van der Waals surface area contributed by atoms with Crippen LogP contribution < -0.4 is 11.1 Å². The van der Waals surface area contributed by atoms with Gasteiger partial charge in [0.05, 0.1) is 11.4 Å². The molecule has 1 rings (SSSR count). The van der Waals surface area contributed by atoms with Crippen LogP contribution in [-0.2, 0) is 4.79 Å². The fraction of sp³-hybridized carbons (Fsp3) is 0.300. The number of carbonyl (C=O) groups excluding carboxylic acids is 1. The van der Waals surface area contributed by atoms with E-state index >= 15 is 0 Å². The first kappa shape index (κ1) is 9.58. The maximum absolute atomic E-state index is 10.5. The van der Waals surface area contributed by atoms with Gasteiger partial charge in [0.1, 0.15) is 6.29 Å². The summed E-state index contributed by atoms with van der Waals surface area (Å²) in [5.41, 5.74) is 8.26. The second kappa shape index (κ2) is 3.94. The van der Waals surface area contributed by atoms with Crippen LogP contribution >= 0.6 is 0 Å². The topological polar surface area (TPSA) is 55.1 Å². The zero-order chi connectivity index (χ0) is 9.84. The lowest BCUT2D eigenvalue weighted by molar-refractivity contribution is -0.108. The second-order valence-corrected chi connectivity index (χ2v) is 3.02. The number of nitrogens with two attached hydrogens (primary N) is 1. The molecule has 3 N–H and O–H groups in total. The molecule has 0 aliphatic rings. The summed E-state index contributed by atoms with van der Waals surface area (Å²) in [7, 11) is 1.81. The Balaban J connectivity index is 3.02. The molecule has 1 unspecified atom stereocenters. The highest BCUT2D eigenvalue weighted by molar-refractivity contribution is 5.70. The van der Waals surface area contributed by atoms with Crippen molar-refractivity contribution in [2.45, 2.75) is 12.8 Å². The monoisotopic (exact) mass is 178 g/mol. The quantitative estimate of drug-likeness (QED) is 0.546. The van der Waals surface area contributed by atoms with Gasteiger partial charge in [-0.1, -0.05) is 13.0 Å². The first-order chi connectivity index (χ1) is 6.19. The first-order valence-electron chi connectivity index (χ1n) is 4.21. The SMILES string of the molecule is CNc1ccc(C(C)C=O)cc1N. The third-order valence-corrected chi connectivity index (χ3v) is 2.07. The molecule has 1 aromatic rings. The van der Waals surface area contributed by atoms with E-state index in [2.05, 4.69) is 5.32 Å². The summed E-state index contributed by atoms with van der Waals surface area (Å²) in [6.07, 6.45) is 0.911. The van der Waals surface area contributed by atoms with Crippen molar-refractivity contribution in [1.29, 1.82) is 0 Å². The Bertz CT molecular complexity index is 310. The zero-order valence-corrected chi connectivity index (χ0v) is 7.87. The molecule has 13 heavy (non-hydrogen) atoms. The lowest BCUT2D eigenvalue weighted by Gasteiger charge is -2.09. The van der Waals surface area contributed by atoms with Crippen LogP contribution in [0.3, 0.4) is 0 Å². The smallest absolute Gasteiger partial charge is 0.127 e. The second-order valence-electron chi connectivity index (χ2n) is 3.02. The normalized spacial score (nSPS) is 12.2. The fourth-order valence-electron chi connectivity index (χ4n) is 1.17. The van der Waals surface area contributed by atoms with Crippen LogP contribution in [0.15, 0.2) is 18.2 Å². The summed E-state index contributed by atoms with van der Waals surface area (Å²) in [5, 5.41) is 2.97. The van der Waals surface area contributed by atoms with Gasteiger partial charge in [0.25, 0.3) is 0 Å². The highest BCUT2D eigenvalue weighted by Crippen LogP contribution is 2.22. The van der Waals surface area contributed by atoms with Gasteiger partial charge in [-0.2, -0.15) is 0 Å². The minimum atomic E-state index is -0.0896. The summed E-state index contributed by atoms with van der Waals surface area (Å²) in [6.45, 7) is 1.85. The average molecular weight is 178 g/mol. The van der Waals surface area contributed by atoms with Crippen LogP contribution in [0.25, 0.3) is 0 Å². The van der Waals surface area contributed by atoms with Gasteiger partial charge in [-0.25, -0.2) is 0 Å². The zero-order valence-electron chi connectivity index (χ0n) is 7.87. The number of hydrogen-bond acceptors (Lipinski definition) is 3. The largest absolute Gasteiger partial charge is 0.397 e. The van der Waals surface area contributed by atoms with Crippen molar-refractivity contribution in [3.05, 3.63) is 23.8 Å². The molecule has 0 fully saturated rings. The number of aldehydes is 1. The van der Waals surface area contributed by atoms with Crippen LogP contribution in [0.1, 0.15) is 18.4 Å². The fourth-order valence-corrected chi connectivity index (χ4v) is 1.17. The van der Waals surface area contributed by atoms with Crippen molar-refractivity contribution < 1.29 is 4.79 Å². The van der Waals surface area contributed by atoms with Gasteiger partial charge in [0.15, 0.2) is 0 Å². The summed E-state index contributed by atoms with van der Waals surface area (Å²) >= 11 is 0. The van der Waals surface area contributed by atoms with E-state index in [9.17, 15) is 4.79 Å². The molecule has 0 aromatic heterocycles. The van der Waals surface area contributed by atoms with Gasteiger partial charge in [0, 0.05) is 13.0 Å². The molecule has 0 aliphatic carbocycles. The summed E-state index contributed by atoms with van der Waals surface area (Å²) in [6, 6.07) is 5.61. The van der Waals surface area contributed by atoms with E-state index in [0.717, 1.165) is 17.5 Å². The van der Waals surface area contributed by atoms with E-state index in [1.807, 2.05) is 32.2 Å². The predicted octanol–water partition coefficient (Wildman–Crippen LogP) is 1.61. The summed E-state index contributed by atoms with van der Waals surface area (Å²) in [5.74, 6) is -0.0896. The van der Waals surface area contributed by atoms with E-state index in [1.165, 1.54) is 0 Å². The van der Waals surface area contributed by atoms with Crippen molar-refractivity contribution in [3.8, 4) is 0 Å². The number of benzene rings is 1. The molecule has 0 spiro atoms. The Kier molecular flexibility index (Phi) is 2.90. The van der Waals surface area contributed by atoms with Crippen molar-refractivity contribution in [3.63, 3.8) is 0 Å². The van der Waals surface area contributed by atoms with Crippen LogP contribution in [0.5, 0.6) is 0 Å². The number of nitrogen functional groups attached to an aromatic ring is 1. The third-order valence-electron chi connectivity index (χ3n) is 2.07. The molecular formula is C10H14N2O. The maximum atomic E-state index is 10.5. The summed E-state index contributed by atoms with van der Waals surface area (Å²) < 4.78 is 0. The Hall–Kier alpha value is -1.51. The van der Waals surface area contributed by atoms with Crippen molar-refractivity contribution in [2.75, 3.05) is 18.1 Å². The van der Waals surface area contributed by atoms with Crippen molar-refractivity contribution in [1.82, 2.24) is 0 Å². The highest BCUT2D eigenvalue weighted by Gasteiger charge is 2.05. The Labute approximate surface area is 77.9 Å². The van der Waals surface area contributed by atoms with Crippen molar-refractivity contribution in [2.24, 2.45) is 0 Å². The van der Waals surface area contributed by atoms with E-state index in [0.29, 0.717) is 5.69 Å². The van der Waals surface area contributed by atoms with Gasteiger partial charge in [0.2, 0.25) is 0 Å². The molecule has 0 saturated carbocycles. The third kappa shape index (κ3) is 1.99. The number of hydrogen-bond donors (Lipinski definition) is 2. The Morgan fingerprint density at radius 1 is 1.54 bits per heavy atom. The molecule has 1 aromatic carbocycles. The Morgan fingerprint density at radius 3 is 2.69 bits per heavy atom. The van der Waals surface area contributed by atoms with E-state index in [1.54, 1.807) is 0 Å². The maximum Gasteiger partial charge on any atom is 0.127 e. The lowest BCUT2D eigenvalue weighted by atomic mass is 10.0. The molecule has 1 atom stereocenters. The minimum absolute atomic E-state index is 0.0896. The van der Waals surface area contributed by atoms with Gasteiger partial charge in [-0.05, 0) is 17.7 Å². The molecule has 3 nitrogen and oxygen atoms in total. The van der Waals surface area contributed by atoms with Crippen LogP contribution in [0.2, 0.25) is 0 Å². The molecule has 0 radical (unpaired) electrons. The minimum Gasteiger partial charge on any atom is -0.397 e. The number of nitrogens with one attached hydrogen (secondary N) is 1. The van der Waals surface area contributed by atoms with E-state index < -0.39 is 0 Å². The molecular weight excluding hydrogens is 164 g/mol. The van der Waals surface area contributed by atoms with E-state index in [4.69, 9.17) is 5.73 Å². The number of rotatable bonds is 3. The van der Waals surface area contributed by atoms with Crippen molar-refractivity contribution >= 4 is 17.7 Å². The van der Waals surface area contributed by atoms with Gasteiger partial charge < -0.3 is 15.8 Å². The van der Waals surface area contributed by atoms with Gasteiger partial charge in [-0.3, -0.25) is 0 Å². The first-order valence-corrected chi connectivity index (χ1v) is 4.21. The predicted molar refractivity (Wildman–Crippen MR) is 54.9 cm³/mol. The molecule has 0 heterocycles. The van der Waals surface area contributed by atoms with Crippen LogP contribution in [0, 0.1) is 0 Å². The highest BCUT2D eigenvalue weighted by atomic mass is 16.1. The summed E-state index contributed by atoms with van der Waals surface area (Å²) in [4.78, 5) is 10.5. The molecule has 0 aliphatic heterocycles.